The van der Waals surface area contributed by atoms with E-state index in [1.54, 1.807) is 12.1 Å². The number of rotatable bonds is 8. The van der Waals surface area contributed by atoms with E-state index in [9.17, 15) is 9.90 Å². The van der Waals surface area contributed by atoms with Crippen molar-refractivity contribution in [3.8, 4) is 5.75 Å². The van der Waals surface area contributed by atoms with E-state index >= 15 is 0 Å². The molecule has 5 heteroatoms. The van der Waals surface area contributed by atoms with Crippen LogP contribution in [0.25, 0.3) is 17.0 Å². The molecular weight excluding hydrogens is 436 g/mol. The second-order valence-electron chi connectivity index (χ2n) is 9.12. The Morgan fingerprint density at radius 3 is 2.89 bits per heavy atom. The number of aryl methyl sites for hydroxylation is 1. The first-order valence-corrected chi connectivity index (χ1v) is 12.1. The smallest absolute Gasteiger partial charge is 0.330 e. The Labute approximate surface area is 205 Å². The van der Waals surface area contributed by atoms with Crippen LogP contribution in [0.1, 0.15) is 40.3 Å². The summed E-state index contributed by atoms with van der Waals surface area (Å²) in [6.07, 6.45) is 8.38. The lowest BCUT2D eigenvalue weighted by Crippen LogP contribution is -2.29. The number of carbonyl (C=O) groups excluding carboxylic acids is 1. The summed E-state index contributed by atoms with van der Waals surface area (Å²) in [5.41, 5.74) is 7.28. The molecule has 1 aliphatic carbocycles. The SMILES string of the molecule is COC(=O)C=Cc1ccc2c(c1)CCC2N(CCc1c[nH]c2ccccc12)Cc1cccc(O)c1. The zero-order valence-corrected chi connectivity index (χ0v) is 19.9. The molecule has 1 unspecified atom stereocenters. The molecule has 35 heavy (non-hydrogen) atoms. The number of aromatic amines is 1. The predicted molar refractivity (Wildman–Crippen MR) is 139 cm³/mol. The highest BCUT2D eigenvalue weighted by Gasteiger charge is 2.28. The van der Waals surface area contributed by atoms with Gasteiger partial charge in [0, 0.05) is 42.3 Å². The minimum atomic E-state index is -0.349. The average molecular weight is 467 g/mol. The van der Waals surface area contributed by atoms with Gasteiger partial charge in [0.2, 0.25) is 0 Å². The summed E-state index contributed by atoms with van der Waals surface area (Å²) in [6, 6.07) is 22.7. The quantitative estimate of drug-likeness (QED) is 0.255. The number of esters is 1. The molecule has 0 fully saturated rings. The van der Waals surface area contributed by atoms with Crippen LogP contribution in [0, 0.1) is 0 Å². The van der Waals surface area contributed by atoms with Crippen molar-refractivity contribution in [2.24, 2.45) is 0 Å². The first kappa shape index (κ1) is 22.9. The largest absolute Gasteiger partial charge is 0.508 e. The van der Waals surface area contributed by atoms with E-state index in [1.807, 2.05) is 12.1 Å². The van der Waals surface area contributed by atoms with E-state index in [0.717, 1.165) is 43.5 Å². The highest BCUT2D eigenvalue weighted by molar-refractivity contribution is 5.87. The maximum Gasteiger partial charge on any atom is 0.330 e. The van der Waals surface area contributed by atoms with Crippen LogP contribution in [-0.2, 0) is 28.9 Å². The number of fused-ring (bicyclic) bond motifs is 2. The van der Waals surface area contributed by atoms with Crippen molar-refractivity contribution < 1.29 is 14.6 Å². The van der Waals surface area contributed by atoms with Gasteiger partial charge in [-0.25, -0.2) is 4.79 Å². The number of phenols is 1. The molecule has 0 spiro atoms. The van der Waals surface area contributed by atoms with Crippen LogP contribution >= 0.6 is 0 Å². The van der Waals surface area contributed by atoms with E-state index in [2.05, 4.69) is 64.6 Å². The number of hydrogen-bond donors (Lipinski definition) is 2. The van der Waals surface area contributed by atoms with Crippen LogP contribution in [-0.4, -0.2) is 34.6 Å². The van der Waals surface area contributed by atoms with Crippen molar-refractivity contribution in [2.75, 3.05) is 13.7 Å². The van der Waals surface area contributed by atoms with Gasteiger partial charge in [-0.15, -0.1) is 0 Å². The second-order valence-corrected chi connectivity index (χ2v) is 9.12. The van der Waals surface area contributed by atoms with Crippen LogP contribution in [0.2, 0.25) is 0 Å². The monoisotopic (exact) mass is 466 g/mol. The summed E-state index contributed by atoms with van der Waals surface area (Å²) < 4.78 is 4.71. The van der Waals surface area contributed by atoms with Crippen LogP contribution in [0.5, 0.6) is 5.75 Å². The van der Waals surface area contributed by atoms with Gasteiger partial charge < -0.3 is 14.8 Å². The average Bonchev–Trinajstić information content (AvgIpc) is 3.49. The molecule has 1 atom stereocenters. The lowest BCUT2D eigenvalue weighted by Gasteiger charge is -2.30. The molecule has 5 rings (SSSR count). The minimum Gasteiger partial charge on any atom is -0.508 e. The van der Waals surface area contributed by atoms with Gasteiger partial charge in [0.25, 0.3) is 0 Å². The normalized spacial score (nSPS) is 15.2. The minimum absolute atomic E-state index is 0.299. The van der Waals surface area contributed by atoms with Crippen LogP contribution in [0.3, 0.4) is 0 Å². The molecule has 1 heterocycles. The molecule has 178 valence electrons. The first-order chi connectivity index (χ1) is 17.1. The van der Waals surface area contributed by atoms with Crippen molar-refractivity contribution in [1.82, 2.24) is 9.88 Å². The number of aromatic nitrogens is 1. The molecule has 0 bridgehead atoms. The maximum atomic E-state index is 11.5. The van der Waals surface area contributed by atoms with E-state index in [1.165, 1.54) is 40.8 Å². The van der Waals surface area contributed by atoms with Gasteiger partial charge in [-0.1, -0.05) is 48.5 Å². The van der Waals surface area contributed by atoms with E-state index < -0.39 is 0 Å². The molecule has 2 N–H and O–H groups in total. The number of para-hydroxylation sites is 1. The van der Waals surface area contributed by atoms with E-state index in [0.29, 0.717) is 11.8 Å². The number of aromatic hydroxyl groups is 1. The number of benzene rings is 3. The number of methoxy groups -OCH3 is 1. The van der Waals surface area contributed by atoms with E-state index in [4.69, 9.17) is 4.74 Å². The maximum absolute atomic E-state index is 11.5. The Morgan fingerprint density at radius 2 is 2.03 bits per heavy atom. The fraction of sp³-hybridized carbons (Fsp3) is 0.233. The highest BCUT2D eigenvalue weighted by Crippen LogP contribution is 2.37. The summed E-state index contributed by atoms with van der Waals surface area (Å²) in [4.78, 5) is 17.4. The highest BCUT2D eigenvalue weighted by atomic mass is 16.5. The molecular formula is C30H30N2O3. The van der Waals surface area contributed by atoms with Crippen molar-refractivity contribution in [3.05, 3.63) is 107 Å². The lowest BCUT2D eigenvalue weighted by atomic mass is 10.0. The van der Waals surface area contributed by atoms with Crippen molar-refractivity contribution in [3.63, 3.8) is 0 Å². The predicted octanol–water partition coefficient (Wildman–Crippen LogP) is 5.79. The third-order valence-electron chi connectivity index (χ3n) is 6.91. The number of nitrogens with one attached hydrogen (secondary N) is 1. The lowest BCUT2D eigenvalue weighted by molar-refractivity contribution is -0.134. The van der Waals surface area contributed by atoms with E-state index in [-0.39, 0.29) is 5.97 Å². The first-order valence-electron chi connectivity index (χ1n) is 12.1. The van der Waals surface area contributed by atoms with Gasteiger partial charge in [0.15, 0.2) is 0 Å². The van der Waals surface area contributed by atoms with Gasteiger partial charge in [-0.05, 0) is 71.4 Å². The van der Waals surface area contributed by atoms with Gasteiger partial charge >= 0.3 is 5.97 Å². The van der Waals surface area contributed by atoms with Gasteiger partial charge in [-0.3, -0.25) is 4.90 Å². The molecule has 1 aromatic heterocycles. The van der Waals surface area contributed by atoms with Crippen LogP contribution < -0.4 is 0 Å². The van der Waals surface area contributed by atoms with Crippen molar-refractivity contribution >= 4 is 22.9 Å². The number of phenolic OH excluding ortho intramolecular Hbond substituents is 1. The Morgan fingerprint density at radius 1 is 1.14 bits per heavy atom. The molecule has 4 aromatic rings. The number of hydrogen-bond acceptors (Lipinski definition) is 4. The molecule has 1 aliphatic rings. The molecule has 0 saturated heterocycles. The summed E-state index contributed by atoms with van der Waals surface area (Å²) in [5, 5.41) is 11.3. The Bertz CT molecular complexity index is 1370. The van der Waals surface area contributed by atoms with Gasteiger partial charge in [-0.2, -0.15) is 0 Å². The zero-order valence-electron chi connectivity index (χ0n) is 19.9. The molecule has 5 nitrogen and oxygen atoms in total. The third kappa shape index (κ3) is 5.15. The number of nitrogens with zero attached hydrogens (tertiary/aromatic N) is 1. The summed E-state index contributed by atoms with van der Waals surface area (Å²) >= 11 is 0. The topological polar surface area (TPSA) is 65.6 Å². The van der Waals surface area contributed by atoms with Gasteiger partial charge in [0.05, 0.1) is 7.11 Å². The fourth-order valence-corrected chi connectivity index (χ4v) is 5.17. The standard InChI is InChI=1S/C30H30N2O3/c1-35-30(34)14-10-21-9-12-27-23(17-21)11-13-29(27)32(20-22-5-4-6-25(33)18-22)16-15-24-19-31-28-8-3-2-7-26(24)28/h2-10,12,14,17-19,29,31,33H,11,13,15-16,20H2,1H3. The van der Waals surface area contributed by atoms with Crippen molar-refractivity contribution in [1.29, 1.82) is 0 Å². The van der Waals surface area contributed by atoms with Crippen molar-refractivity contribution in [2.45, 2.75) is 31.8 Å². The number of carbonyl (C=O) groups is 1. The summed E-state index contributed by atoms with van der Waals surface area (Å²) in [7, 11) is 1.39. The third-order valence-corrected chi connectivity index (χ3v) is 6.91. The number of H-pyrrole nitrogens is 1. The van der Waals surface area contributed by atoms with Crippen LogP contribution in [0.4, 0.5) is 0 Å². The fourth-order valence-electron chi connectivity index (χ4n) is 5.17. The Kier molecular flexibility index (Phi) is 6.68. The molecule has 0 saturated carbocycles. The second kappa shape index (κ2) is 10.2. The Balaban J connectivity index is 1.40. The molecule has 3 aromatic carbocycles. The molecule has 0 aliphatic heterocycles. The zero-order chi connectivity index (χ0) is 24.2. The van der Waals surface area contributed by atoms with Crippen LogP contribution in [0.15, 0.2) is 79.0 Å². The summed E-state index contributed by atoms with van der Waals surface area (Å²) in [6.45, 7) is 1.68. The van der Waals surface area contributed by atoms with Gasteiger partial charge in [0.1, 0.15) is 5.75 Å². The Hall–Kier alpha value is -3.83. The number of ether oxygens (including phenoxy) is 1. The molecule has 0 radical (unpaired) electrons. The summed E-state index contributed by atoms with van der Waals surface area (Å²) in [5.74, 6) is -0.0501. The molecule has 0 amide bonds.